The lowest BCUT2D eigenvalue weighted by atomic mass is 9.95. The molecule has 5 rings (SSSR count). The molecule has 2 saturated carbocycles. The summed E-state index contributed by atoms with van der Waals surface area (Å²) in [5, 5.41) is 12.9. The minimum absolute atomic E-state index is 0.0332. The number of amides is 1. The Morgan fingerprint density at radius 1 is 0.821 bits per heavy atom. The Balaban J connectivity index is 1.40. The van der Waals surface area contributed by atoms with Crippen molar-refractivity contribution in [3.05, 3.63) is 77.9 Å². The zero-order valence-corrected chi connectivity index (χ0v) is 23.4. The van der Waals surface area contributed by atoms with Gasteiger partial charge in [-0.1, -0.05) is 100 Å². The summed E-state index contributed by atoms with van der Waals surface area (Å²) in [5.74, 6) is 0.769. The second kappa shape index (κ2) is 13.6. The van der Waals surface area contributed by atoms with Gasteiger partial charge in [0, 0.05) is 18.2 Å². The first-order valence-electron chi connectivity index (χ1n) is 15.1. The van der Waals surface area contributed by atoms with Crippen molar-refractivity contribution in [2.75, 3.05) is 5.32 Å². The number of hydrogen-bond donors (Lipinski definition) is 3. The molecule has 2 fully saturated rings. The molecule has 5 nitrogen and oxygen atoms in total. The number of aliphatic imine (C=N–C) groups is 1. The number of anilines is 1. The van der Waals surface area contributed by atoms with Gasteiger partial charge in [0.1, 0.15) is 6.04 Å². The van der Waals surface area contributed by atoms with Crippen LogP contribution in [0, 0.1) is 0 Å². The second-order valence-corrected chi connectivity index (χ2v) is 11.4. The average Bonchev–Trinajstić information content (AvgIpc) is 2.98. The van der Waals surface area contributed by atoms with Crippen molar-refractivity contribution in [3.8, 4) is 0 Å². The lowest BCUT2D eigenvalue weighted by Gasteiger charge is -2.29. The predicted octanol–water partition coefficient (Wildman–Crippen LogP) is 7.15. The largest absolute Gasteiger partial charge is 0.354 e. The number of nitrogens with zero attached hydrogens (tertiary/aromatic N) is 1. The lowest BCUT2D eigenvalue weighted by molar-refractivity contribution is -0.117. The van der Waals surface area contributed by atoms with Gasteiger partial charge >= 0.3 is 0 Å². The van der Waals surface area contributed by atoms with E-state index in [2.05, 4.69) is 77.5 Å². The van der Waals surface area contributed by atoms with Crippen LogP contribution in [0.3, 0.4) is 0 Å². The van der Waals surface area contributed by atoms with Gasteiger partial charge in [-0.25, -0.2) is 4.99 Å². The van der Waals surface area contributed by atoms with Gasteiger partial charge in [-0.05, 0) is 66.1 Å². The van der Waals surface area contributed by atoms with E-state index in [-0.39, 0.29) is 5.91 Å². The molecule has 0 radical (unpaired) electrons. The summed E-state index contributed by atoms with van der Waals surface area (Å²) >= 11 is 0. The van der Waals surface area contributed by atoms with Crippen LogP contribution in [0.25, 0.3) is 10.8 Å². The van der Waals surface area contributed by atoms with Crippen molar-refractivity contribution >= 4 is 28.3 Å². The van der Waals surface area contributed by atoms with Crippen LogP contribution in [0.15, 0.2) is 71.7 Å². The van der Waals surface area contributed by atoms with Crippen molar-refractivity contribution in [3.63, 3.8) is 0 Å². The zero-order chi connectivity index (χ0) is 26.9. The smallest absolute Gasteiger partial charge is 0.247 e. The molecule has 2 aliphatic carbocycles. The van der Waals surface area contributed by atoms with Crippen LogP contribution >= 0.6 is 0 Å². The molecular formula is C34H44N4O. The molecule has 0 bridgehead atoms. The highest BCUT2D eigenvalue weighted by Gasteiger charge is 2.24. The molecule has 3 aromatic carbocycles. The molecule has 0 heterocycles. The van der Waals surface area contributed by atoms with Crippen LogP contribution in [0.5, 0.6) is 0 Å². The van der Waals surface area contributed by atoms with Crippen LogP contribution in [-0.2, 0) is 17.6 Å². The van der Waals surface area contributed by atoms with E-state index in [1.54, 1.807) is 0 Å². The van der Waals surface area contributed by atoms with Crippen LogP contribution in [0.2, 0.25) is 0 Å². The quantitative estimate of drug-likeness (QED) is 0.216. The Kier molecular flexibility index (Phi) is 9.52. The number of hydrogen-bond acceptors (Lipinski definition) is 2. The number of benzene rings is 3. The van der Waals surface area contributed by atoms with Gasteiger partial charge in [0.15, 0.2) is 5.96 Å². The molecular weight excluding hydrogens is 480 g/mol. The molecule has 3 aromatic rings. The first-order chi connectivity index (χ1) is 19.2. The summed E-state index contributed by atoms with van der Waals surface area (Å²) in [6.07, 6.45) is 13.7. The molecule has 2 aliphatic rings. The maximum atomic E-state index is 13.8. The minimum atomic E-state index is -0.449. The predicted molar refractivity (Wildman–Crippen MR) is 163 cm³/mol. The van der Waals surface area contributed by atoms with Gasteiger partial charge in [0.25, 0.3) is 0 Å². The van der Waals surface area contributed by atoms with Gasteiger partial charge in [-0.15, -0.1) is 0 Å². The highest BCUT2D eigenvalue weighted by Crippen LogP contribution is 2.22. The van der Waals surface area contributed by atoms with E-state index in [4.69, 9.17) is 4.99 Å². The lowest BCUT2D eigenvalue weighted by Crippen LogP contribution is -2.53. The Morgan fingerprint density at radius 2 is 1.49 bits per heavy atom. The normalized spacial score (nSPS) is 18.0. The zero-order valence-electron chi connectivity index (χ0n) is 23.4. The summed E-state index contributed by atoms with van der Waals surface area (Å²) in [6.45, 7) is 2.14. The van der Waals surface area contributed by atoms with Gasteiger partial charge < -0.3 is 16.0 Å². The molecule has 0 spiro atoms. The molecule has 0 saturated heterocycles. The van der Waals surface area contributed by atoms with Crippen molar-refractivity contribution in [2.24, 2.45) is 4.99 Å². The number of fused-ring (bicyclic) bond motifs is 1. The van der Waals surface area contributed by atoms with E-state index in [9.17, 15) is 4.79 Å². The fraction of sp³-hybridized carbons (Fsp3) is 0.471. The third-order valence-corrected chi connectivity index (χ3v) is 8.34. The van der Waals surface area contributed by atoms with E-state index in [0.717, 1.165) is 49.3 Å². The minimum Gasteiger partial charge on any atom is -0.354 e. The van der Waals surface area contributed by atoms with E-state index in [1.165, 1.54) is 54.9 Å². The second-order valence-electron chi connectivity index (χ2n) is 11.4. The van der Waals surface area contributed by atoms with Crippen LogP contribution in [0.4, 0.5) is 5.69 Å². The summed E-state index contributed by atoms with van der Waals surface area (Å²) in [7, 11) is 0. The highest BCUT2D eigenvalue weighted by atomic mass is 16.2. The van der Waals surface area contributed by atoms with Crippen LogP contribution < -0.4 is 16.0 Å². The Hall–Kier alpha value is -3.34. The molecule has 206 valence electrons. The van der Waals surface area contributed by atoms with Crippen molar-refractivity contribution in [2.45, 2.75) is 102 Å². The van der Waals surface area contributed by atoms with Gasteiger partial charge in [-0.3, -0.25) is 4.79 Å². The van der Waals surface area contributed by atoms with E-state index in [0.29, 0.717) is 18.5 Å². The molecule has 0 aromatic heterocycles. The first-order valence-corrected chi connectivity index (χ1v) is 15.1. The Morgan fingerprint density at radius 3 is 2.21 bits per heavy atom. The maximum Gasteiger partial charge on any atom is 0.247 e. The number of rotatable bonds is 8. The highest BCUT2D eigenvalue weighted by molar-refractivity contribution is 5.98. The van der Waals surface area contributed by atoms with Crippen LogP contribution in [0.1, 0.15) is 82.3 Å². The number of nitrogens with one attached hydrogen (secondary N) is 3. The number of carbonyl (C=O) groups is 1. The van der Waals surface area contributed by atoms with Crippen molar-refractivity contribution in [1.29, 1.82) is 0 Å². The molecule has 1 amide bonds. The fourth-order valence-electron chi connectivity index (χ4n) is 5.98. The summed E-state index contributed by atoms with van der Waals surface area (Å²) in [6, 6.07) is 23.4. The summed E-state index contributed by atoms with van der Waals surface area (Å²) in [5.41, 5.74) is 3.23. The molecule has 1 atom stereocenters. The average molecular weight is 525 g/mol. The van der Waals surface area contributed by atoms with E-state index < -0.39 is 6.04 Å². The molecule has 3 N–H and O–H groups in total. The van der Waals surface area contributed by atoms with Gasteiger partial charge in [0.2, 0.25) is 5.91 Å². The number of aryl methyl sites for hydroxylation is 1. The van der Waals surface area contributed by atoms with E-state index >= 15 is 0 Å². The van der Waals surface area contributed by atoms with E-state index in [1.807, 2.05) is 12.1 Å². The Labute approximate surface area is 233 Å². The fourth-order valence-corrected chi connectivity index (χ4v) is 5.98. The third kappa shape index (κ3) is 7.84. The van der Waals surface area contributed by atoms with Crippen molar-refractivity contribution < 1.29 is 4.79 Å². The molecule has 39 heavy (non-hydrogen) atoms. The molecule has 5 heteroatoms. The SMILES string of the molecule is CCc1ccc(NC(=O)[C@@H](Cc2ccc3ccccc3c2)N/C(=N/C2CCCCC2)NC2CCCCC2)cc1. The standard InChI is InChI=1S/C34H44N4O/c1-2-25-18-21-31(22-19-25)35-33(39)32(24-26-17-20-27-11-9-10-12-28(27)23-26)38-34(36-29-13-5-3-6-14-29)37-30-15-7-4-8-16-30/h9-12,17-23,29-30,32H,2-8,13-16,24H2,1H3,(H,35,39)(H2,36,37,38)/t32-/m1/s1. The first kappa shape index (κ1) is 27.2. The number of carbonyl (C=O) groups excluding carboxylic acids is 1. The molecule has 0 aliphatic heterocycles. The maximum absolute atomic E-state index is 13.8. The number of guanidine groups is 1. The van der Waals surface area contributed by atoms with Crippen LogP contribution in [-0.4, -0.2) is 30.0 Å². The third-order valence-electron chi connectivity index (χ3n) is 8.34. The summed E-state index contributed by atoms with van der Waals surface area (Å²) in [4.78, 5) is 19.0. The Bertz CT molecular complexity index is 1240. The molecule has 0 unspecified atom stereocenters. The topological polar surface area (TPSA) is 65.5 Å². The summed E-state index contributed by atoms with van der Waals surface area (Å²) < 4.78 is 0. The van der Waals surface area contributed by atoms with Gasteiger partial charge in [-0.2, -0.15) is 0 Å². The monoisotopic (exact) mass is 524 g/mol. The van der Waals surface area contributed by atoms with Crippen molar-refractivity contribution in [1.82, 2.24) is 10.6 Å². The van der Waals surface area contributed by atoms with Gasteiger partial charge in [0.05, 0.1) is 6.04 Å².